The highest BCUT2D eigenvalue weighted by Gasteiger charge is 2.12. The van der Waals surface area contributed by atoms with E-state index >= 15 is 0 Å². The smallest absolute Gasteiger partial charge is 0.224 e. The van der Waals surface area contributed by atoms with Crippen molar-refractivity contribution in [2.45, 2.75) is 52.5 Å². The maximum atomic E-state index is 12.4. The fourth-order valence-corrected chi connectivity index (χ4v) is 4.20. The Labute approximate surface area is 196 Å². The zero-order valence-corrected chi connectivity index (χ0v) is 19.8. The summed E-state index contributed by atoms with van der Waals surface area (Å²) in [7, 11) is 0. The molecule has 4 heteroatoms. The minimum atomic E-state index is 0.0723. The van der Waals surface area contributed by atoms with Crippen LogP contribution in [0.3, 0.4) is 0 Å². The number of hydrogen-bond donors (Lipinski definition) is 1. The van der Waals surface area contributed by atoms with Crippen LogP contribution in [0.5, 0.6) is 0 Å². The first-order valence-corrected chi connectivity index (χ1v) is 11.9. The molecule has 4 rings (SSSR count). The molecule has 0 aliphatic carbocycles. The van der Waals surface area contributed by atoms with Crippen molar-refractivity contribution in [1.29, 1.82) is 0 Å². The summed E-state index contributed by atoms with van der Waals surface area (Å²) in [5, 5.41) is 3.07. The molecule has 1 N–H and O–H groups in total. The van der Waals surface area contributed by atoms with Crippen LogP contribution in [0.25, 0.3) is 11.0 Å². The Kier molecular flexibility index (Phi) is 7.23. The van der Waals surface area contributed by atoms with Gasteiger partial charge in [-0.2, -0.15) is 0 Å². The van der Waals surface area contributed by atoms with Gasteiger partial charge in [-0.05, 0) is 53.6 Å². The van der Waals surface area contributed by atoms with Crippen LogP contribution in [0, 0.1) is 6.92 Å². The van der Waals surface area contributed by atoms with Crippen molar-refractivity contribution >= 4 is 16.9 Å². The van der Waals surface area contributed by atoms with Crippen LogP contribution < -0.4 is 5.32 Å². The van der Waals surface area contributed by atoms with Gasteiger partial charge in [0.15, 0.2) is 0 Å². The van der Waals surface area contributed by atoms with Gasteiger partial charge in [0.1, 0.15) is 5.82 Å². The number of aryl methyl sites for hydroxylation is 2. The molecule has 33 heavy (non-hydrogen) atoms. The minimum absolute atomic E-state index is 0.0723. The number of benzene rings is 3. The van der Waals surface area contributed by atoms with Crippen LogP contribution in [0.15, 0.2) is 72.8 Å². The van der Waals surface area contributed by atoms with Gasteiger partial charge >= 0.3 is 0 Å². The molecule has 0 saturated carbocycles. The Morgan fingerprint density at radius 2 is 1.70 bits per heavy atom. The normalized spacial score (nSPS) is 11.3. The quantitative estimate of drug-likeness (QED) is 0.335. The lowest BCUT2D eigenvalue weighted by molar-refractivity contribution is -0.120. The van der Waals surface area contributed by atoms with Gasteiger partial charge in [-0.15, -0.1) is 0 Å². The summed E-state index contributed by atoms with van der Waals surface area (Å²) in [5.41, 5.74) is 7.05. The zero-order chi connectivity index (χ0) is 23.2. The molecule has 1 amide bonds. The van der Waals surface area contributed by atoms with Crippen LogP contribution in [-0.4, -0.2) is 22.0 Å². The SMILES string of the molecule is Cc1ccccc1CC(=O)NCCCc1nc2ccccc2n1Cc1ccc(C(C)C)cc1. The van der Waals surface area contributed by atoms with Crippen molar-refractivity contribution in [3.8, 4) is 0 Å². The van der Waals surface area contributed by atoms with E-state index < -0.39 is 0 Å². The third-order valence-corrected chi connectivity index (χ3v) is 6.23. The number of carbonyl (C=O) groups excluding carboxylic acids is 1. The molecule has 0 unspecified atom stereocenters. The Hall–Kier alpha value is -3.40. The molecule has 0 spiro atoms. The molecule has 0 saturated heterocycles. The third kappa shape index (κ3) is 5.70. The molecule has 0 bridgehead atoms. The van der Waals surface area contributed by atoms with Crippen molar-refractivity contribution in [2.75, 3.05) is 6.54 Å². The molecule has 4 aromatic rings. The van der Waals surface area contributed by atoms with Crippen LogP contribution in [0.1, 0.15) is 54.3 Å². The maximum Gasteiger partial charge on any atom is 0.224 e. The van der Waals surface area contributed by atoms with E-state index in [2.05, 4.69) is 66.2 Å². The Bertz CT molecular complexity index is 1220. The molecule has 3 aromatic carbocycles. The standard InChI is InChI=1S/C29H33N3O/c1-21(2)24-16-14-23(15-17-24)20-32-27-12-7-6-11-26(27)31-28(32)13-8-18-30-29(33)19-25-10-5-4-9-22(25)3/h4-7,9-12,14-17,21H,8,13,18-20H2,1-3H3,(H,30,33). The summed E-state index contributed by atoms with van der Waals surface area (Å²) >= 11 is 0. The van der Waals surface area contributed by atoms with Crippen LogP contribution >= 0.6 is 0 Å². The van der Waals surface area contributed by atoms with Gasteiger partial charge in [-0.3, -0.25) is 4.79 Å². The highest BCUT2D eigenvalue weighted by molar-refractivity contribution is 5.79. The first kappa shape index (κ1) is 22.8. The number of aromatic nitrogens is 2. The van der Waals surface area contributed by atoms with Crippen LogP contribution in [0.2, 0.25) is 0 Å². The van der Waals surface area contributed by atoms with Crippen molar-refractivity contribution in [1.82, 2.24) is 14.9 Å². The Balaban J connectivity index is 1.40. The maximum absolute atomic E-state index is 12.4. The van der Waals surface area contributed by atoms with E-state index in [1.807, 2.05) is 37.3 Å². The lowest BCUT2D eigenvalue weighted by Crippen LogP contribution is -2.26. The van der Waals surface area contributed by atoms with Gasteiger partial charge in [0, 0.05) is 19.5 Å². The largest absolute Gasteiger partial charge is 0.356 e. The second-order valence-electron chi connectivity index (χ2n) is 9.06. The van der Waals surface area contributed by atoms with Gasteiger partial charge in [-0.25, -0.2) is 4.98 Å². The van der Waals surface area contributed by atoms with Crippen molar-refractivity contribution < 1.29 is 4.79 Å². The van der Waals surface area contributed by atoms with E-state index in [1.165, 1.54) is 11.1 Å². The number of fused-ring (bicyclic) bond motifs is 1. The summed E-state index contributed by atoms with van der Waals surface area (Å²) in [6, 6.07) is 25.3. The Morgan fingerprint density at radius 3 is 2.45 bits per heavy atom. The Morgan fingerprint density at radius 1 is 0.970 bits per heavy atom. The van der Waals surface area contributed by atoms with Crippen molar-refractivity contribution in [2.24, 2.45) is 0 Å². The number of hydrogen-bond acceptors (Lipinski definition) is 2. The molecule has 0 fully saturated rings. The monoisotopic (exact) mass is 439 g/mol. The molecule has 0 atom stereocenters. The molecule has 1 aromatic heterocycles. The first-order chi connectivity index (χ1) is 16.0. The summed E-state index contributed by atoms with van der Waals surface area (Å²) < 4.78 is 2.31. The number of carbonyl (C=O) groups is 1. The topological polar surface area (TPSA) is 46.9 Å². The number of amides is 1. The van der Waals surface area contributed by atoms with E-state index in [9.17, 15) is 4.79 Å². The number of imidazole rings is 1. The molecule has 0 aliphatic heterocycles. The van der Waals surface area contributed by atoms with E-state index in [4.69, 9.17) is 4.98 Å². The lowest BCUT2D eigenvalue weighted by atomic mass is 10.0. The molecular weight excluding hydrogens is 406 g/mol. The number of nitrogens with zero attached hydrogens (tertiary/aromatic N) is 2. The van der Waals surface area contributed by atoms with Crippen LogP contribution in [-0.2, 0) is 24.2 Å². The van der Waals surface area contributed by atoms with E-state index in [0.29, 0.717) is 18.9 Å². The number of para-hydroxylation sites is 2. The number of nitrogens with one attached hydrogen (secondary N) is 1. The van der Waals surface area contributed by atoms with Crippen molar-refractivity contribution in [3.05, 3.63) is 101 Å². The lowest BCUT2D eigenvalue weighted by Gasteiger charge is -2.12. The second kappa shape index (κ2) is 10.5. The third-order valence-electron chi connectivity index (χ3n) is 6.23. The second-order valence-corrected chi connectivity index (χ2v) is 9.06. The van der Waals surface area contributed by atoms with Gasteiger partial charge in [0.2, 0.25) is 5.91 Å². The molecular formula is C29H33N3O. The molecule has 1 heterocycles. The van der Waals surface area contributed by atoms with Gasteiger partial charge in [-0.1, -0.05) is 74.5 Å². The molecule has 0 radical (unpaired) electrons. The summed E-state index contributed by atoms with van der Waals surface area (Å²) in [5.74, 6) is 1.67. The summed E-state index contributed by atoms with van der Waals surface area (Å²) in [4.78, 5) is 17.3. The van der Waals surface area contributed by atoms with Gasteiger partial charge < -0.3 is 9.88 Å². The van der Waals surface area contributed by atoms with E-state index in [1.54, 1.807) is 0 Å². The minimum Gasteiger partial charge on any atom is -0.356 e. The molecule has 4 nitrogen and oxygen atoms in total. The van der Waals surface area contributed by atoms with Crippen LogP contribution in [0.4, 0.5) is 0 Å². The fourth-order valence-electron chi connectivity index (χ4n) is 4.20. The van der Waals surface area contributed by atoms with Gasteiger partial charge in [0.25, 0.3) is 0 Å². The molecule has 0 aliphatic rings. The molecule has 170 valence electrons. The average molecular weight is 440 g/mol. The van der Waals surface area contributed by atoms with Gasteiger partial charge in [0.05, 0.1) is 17.5 Å². The number of rotatable bonds is 9. The predicted molar refractivity (Wildman–Crippen MR) is 136 cm³/mol. The highest BCUT2D eigenvalue weighted by Crippen LogP contribution is 2.21. The van der Waals surface area contributed by atoms with E-state index in [-0.39, 0.29) is 5.91 Å². The summed E-state index contributed by atoms with van der Waals surface area (Å²) in [6.45, 7) is 7.93. The van der Waals surface area contributed by atoms with Crippen molar-refractivity contribution in [3.63, 3.8) is 0 Å². The average Bonchev–Trinajstić information content (AvgIpc) is 3.16. The fraction of sp³-hybridized carbons (Fsp3) is 0.310. The first-order valence-electron chi connectivity index (χ1n) is 11.9. The zero-order valence-electron chi connectivity index (χ0n) is 19.8. The highest BCUT2D eigenvalue weighted by atomic mass is 16.1. The summed E-state index contributed by atoms with van der Waals surface area (Å²) in [6.07, 6.45) is 2.11. The van der Waals surface area contributed by atoms with E-state index in [0.717, 1.165) is 47.4 Å². The predicted octanol–water partition coefficient (Wildman–Crippen LogP) is 5.81.